The topological polar surface area (TPSA) is 24.5 Å². The minimum Gasteiger partial charge on any atom is -0.379 e. The minimum atomic E-state index is 0.563. The van der Waals surface area contributed by atoms with Crippen LogP contribution in [0.25, 0.3) is 0 Å². The van der Waals surface area contributed by atoms with E-state index >= 15 is 0 Å². The molecule has 1 N–H and O–H groups in total. The molecule has 3 nitrogen and oxygen atoms in total. The summed E-state index contributed by atoms with van der Waals surface area (Å²) in [6.45, 7) is 12.5. The average molecular weight is 268 g/mol. The first-order chi connectivity index (χ1) is 9.16. The smallest absolute Gasteiger partial charge is 0.0620 e. The summed E-state index contributed by atoms with van der Waals surface area (Å²) in [7, 11) is 0. The van der Waals surface area contributed by atoms with Gasteiger partial charge in [0.25, 0.3) is 0 Å². The Morgan fingerprint density at radius 2 is 2.05 bits per heavy atom. The highest BCUT2D eigenvalue weighted by Gasteiger charge is 2.24. The molecule has 2 aliphatic heterocycles. The van der Waals surface area contributed by atoms with Gasteiger partial charge in [0.05, 0.1) is 13.2 Å². The molecule has 0 spiro atoms. The Morgan fingerprint density at radius 3 is 2.74 bits per heavy atom. The van der Waals surface area contributed by atoms with Gasteiger partial charge in [-0.05, 0) is 57.5 Å². The van der Waals surface area contributed by atoms with Gasteiger partial charge in [0, 0.05) is 18.6 Å². The molecule has 2 rings (SSSR count). The van der Waals surface area contributed by atoms with Crippen LogP contribution in [0.4, 0.5) is 0 Å². The van der Waals surface area contributed by atoms with Gasteiger partial charge in [0.15, 0.2) is 0 Å². The third-order valence-corrected chi connectivity index (χ3v) is 5.00. The predicted octanol–water partition coefficient (Wildman–Crippen LogP) is 2.51. The Balaban J connectivity index is 1.77. The molecule has 0 bridgehead atoms. The molecule has 0 aliphatic carbocycles. The lowest BCUT2D eigenvalue weighted by Crippen LogP contribution is -2.46. The lowest BCUT2D eigenvalue weighted by atomic mass is 9.89. The number of rotatable bonds is 4. The Labute approximate surface area is 119 Å². The summed E-state index contributed by atoms with van der Waals surface area (Å²) in [5.74, 6) is 1.79. The standard InChI is InChI=1S/C16H32N2O/c1-13(2)15-5-4-8-18(9-6-15)14(3)11-16-12-19-10-7-17-16/h13-17H,4-12H2,1-3H3. The van der Waals surface area contributed by atoms with Crippen molar-refractivity contribution in [2.75, 3.05) is 32.8 Å². The molecule has 0 aromatic heterocycles. The number of nitrogens with one attached hydrogen (secondary N) is 1. The maximum Gasteiger partial charge on any atom is 0.0620 e. The highest BCUT2D eigenvalue weighted by molar-refractivity contribution is 4.80. The van der Waals surface area contributed by atoms with Crippen molar-refractivity contribution >= 4 is 0 Å². The van der Waals surface area contributed by atoms with Crippen molar-refractivity contribution in [3.8, 4) is 0 Å². The fraction of sp³-hybridized carbons (Fsp3) is 1.00. The van der Waals surface area contributed by atoms with Crippen LogP contribution in [0.2, 0.25) is 0 Å². The van der Waals surface area contributed by atoms with E-state index in [-0.39, 0.29) is 0 Å². The van der Waals surface area contributed by atoms with Crippen LogP contribution in [0.3, 0.4) is 0 Å². The van der Waals surface area contributed by atoms with Gasteiger partial charge in [-0.3, -0.25) is 0 Å². The van der Waals surface area contributed by atoms with E-state index in [0.29, 0.717) is 12.1 Å². The first-order valence-corrected chi connectivity index (χ1v) is 8.22. The summed E-state index contributed by atoms with van der Waals surface area (Å²) in [5.41, 5.74) is 0. The van der Waals surface area contributed by atoms with E-state index < -0.39 is 0 Å². The van der Waals surface area contributed by atoms with Crippen LogP contribution >= 0.6 is 0 Å². The van der Waals surface area contributed by atoms with Crippen molar-refractivity contribution in [3.63, 3.8) is 0 Å². The molecule has 2 aliphatic rings. The van der Waals surface area contributed by atoms with Gasteiger partial charge in [-0.25, -0.2) is 0 Å². The van der Waals surface area contributed by atoms with E-state index in [1.807, 2.05) is 0 Å². The summed E-state index contributed by atoms with van der Waals surface area (Å²) < 4.78 is 5.56. The van der Waals surface area contributed by atoms with Gasteiger partial charge in [-0.1, -0.05) is 13.8 Å². The third-order valence-electron chi connectivity index (χ3n) is 5.00. The lowest BCUT2D eigenvalue weighted by Gasteiger charge is -2.32. The predicted molar refractivity (Wildman–Crippen MR) is 80.4 cm³/mol. The summed E-state index contributed by atoms with van der Waals surface area (Å²) >= 11 is 0. The molecule has 112 valence electrons. The van der Waals surface area contributed by atoms with Crippen LogP contribution < -0.4 is 5.32 Å². The quantitative estimate of drug-likeness (QED) is 0.848. The SMILES string of the molecule is CC(C)C1CCCN(C(C)CC2COCCN2)CC1. The van der Waals surface area contributed by atoms with Crippen LogP contribution in [0, 0.1) is 11.8 Å². The highest BCUT2D eigenvalue weighted by Crippen LogP contribution is 2.26. The molecular formula is C16H32N2O. The van der Waals surface area contributed by atoms with Gasteiger partial charge in [-0.15, -0.1) is 0 Å². The van der Waals surface area contributed by atoms with Crippen LogP contribution in [-0.2, 0) is 4.74 Å². The van der Waals surface area contributed by atoms with E-state index in [0.717, 1.165) is 31.6 Å². The molecule has 0 aromatic rings. The normalized spacial score (nSPS) is 32.2. The average Bonchev–Trinajstić information content (AvgIpc) is 2.65. The maximum absolute atomic E-state index is 5.56. The van der Waals surface area contributed by atoms with Gasteiger partial charge < -0.3 is 15.0 Å². The molecule has 3 unspecified atom stereocenters. The Morgan fingerprint density at radius 1 is 1.21 bits per heavy atom. The van der Waals surface area contributed by atoms with Gasteiger partial charge in [-0.2, -0.15) is 0 Å². The molecule has 19 heavy (non-hydrogen) atoms. The Hall–Kier alpha value is -0.120. The Bertz CT molecular complexity index is 251. The van der Waals surface area contributed by atoms with E-state index in [4.69, 9.17) is 4.74 Å². The zero-order valence-electron chi connectivity index (χ0n) is 13.0. The fourth-order valence-corrected chi connectivity index (χ4v) is 3.58. The molecule has 0 amide bonds. The molecule has 2 fully saturated rings. The van der Waals surface area contributed by atoms with Crippen molar-refractivity contribution < 1.29 is 4.74 Å². The van der Waals surface area contributed by atoms with Crippen molar-refractivity contribution in [1.29, 1.82) is 0 Å². The monoisotopic (exact) mass is 268 g/mol. The van der Waals surface area contributed by atoms with Crippen LogP contribution in [0.15, 0.2) is 0 Å². The fourth-order valence-electron chi connectivity index (χ4n) is 3.58. The first kappa shape index (κ1) is 15.3. The largest absolute Gasteiger partial charge is 0.379 e. The molecule has 0 aromatic carbocycles. The zero-order valence-corrected chi connectivity index (χ0v) is 13.0. The van der Waals surface area contributed by atoms with E-state index in [2.05, 4.69) is 31.0 Å². The number of morpholine rings is 1. The van der Waals surface area contributed by atoms with Gasteiger partial charge >= 0.3 is 0 Å². The molecule has 0 saturated carbocycles. The number of hydrogen-bond acceptors (Lipinski definition) is 3. The minimum absolute atomic E-state index is 0.563. The molecule has 2 saturated heterocycles. The van der Waals surface area contributed by atoms with Crippen molar-refractivity contribution in [2.45, 2.75) is 58.5 Å². The van der Waals surface area contributed by atoms with Crippen molar-refractivity contribution in [3.05, 3.63) is 0 Å². The summed E-state index contributed by atoms with van der Waals surface area (Å²) in [6, 6.07) is 1.25. The summed E-state index contributed by atoms with van der Waals surface area (Å²) in [6.07, 6.45) is 5.41. The Kier molecular flexibility index (Phi) is 6.11. The molecule has 0 radical (unpaired) electrons. The van der Waals surface area contributed by atoms with Crippen molar-refractivity contribution in [1.82, 2.24) is 10.2 Å². The highest BCUT2D eigenvalue weighted by atomic mass is 16.5. The van der Waals surface area contributed by atoms with Gasteiger partial charge in [0.2, 0.25) is 0 Å². The van der Waals surface area contributed by atoms with E-state index in [9.17, 15) is 0 Å². The van der Waals surface area contributed by atoms with Crippen LogP contribution in [0.5, 0.6) is 0 Å². The molecule has 2 heterocycles. The molecular weight excluding hydrogens is 236 g/mol. The maximum atomic E-state index is 5.56. The van der Waals surface area contributed by atoms with E-state index in [1.165, 1.54) is 38.8 Å². The second kappa shape index (κ2) is 7.61. The third kappa shape index (κ3) is 4.73. The summed E-state index contributed by atoms with van der Waals surface area (Å²) in [5, 5.41) is 3.58. The first-order valence-electron chi connectivity index (χ1n) is 8.22. The van der Waals surface area contributed by atoms with Crippen LogP contribution in [-0.4, -0.2) is 49.8 Å². The second-order valence-corrected chi connectivity index (χ2v) is 6.78. The number of hydrogen-bond donors (Lipinski definition) is 1. The zero-order chi connectivity index (χ0) is 13.7. The molecule has 3 atom stereocenters. The molecule has 3 heteroatoms. The lowest BCUT2D eigenvalue weighted by molar-refractivity contribution is 0.0620. The van der Waals surface area contributed by atoms with Gasteiger partial charge in [0.1, 0.15) is 0 Å². The van der Waals surface area contributed by atoms with Crippen molar-refractivity contribution in [2.24, 2.45) is 11.8 Å². The number of nitrogens with zero attached hydrogens (tertiary/aromatic N) is 1. The van der Waals surface area contributed by atoms with Crippen LogP contribution in [0.1, 0.15) is 46.5 Å². The number of likely N-dealkylation sites (tertiary alicyclic amines) is 1. The summed E-state index contributed by atoms with van der Waals surface area (Å²) in [4.78, 5) is 2.71. The second-order valence-electron chi connectivity index (χ2n) is 6.78. The number of ether oxygens (including phenoxy) is 1. The van der Waals surface area contributed by atoms with E-state index in [1.54, 1.807) is 0 Å².